The Morgan fingerprint density at radius 3 is 2.54 bits per heavy atom. The average Bonchev–Trinajstić information content (AvgIpc) is 3.18. The molecular weight excluding hydrogens is 366 g/mol. The van der Waals surface area contributed by atoms with Crippen molar-refractivity contribution in [3.63, 3.8) is 0 Å². The molecule has 5 heteroatoms. The first-order chi connectivity index (χ1) is 13.7. The van der Waals surface area contributed by atoms with E-state index in [4.69, 9.17) is 17.0 Å². The Balaban J connectivity index is 1.59. The Kier molecular flexibility index (Phi) is 5.35. The molecule has 1 N–H and O–H groups in total. The molecule has 3 aromatic rings. The molecule has 1 atom stereocenters. The standard InChI is InChI=1S/C23H25N3OS/c1-3-27-20-12-10-19(11-13-20)24-23(28)26-16-15-25-14-4-5-21(25)22(26)18-8-6-17(2)7-9-18/h4-14,22H,3,15-16H2,1-2H3,(H,24,28)/t22-/m0/s1. The number of aryl methyl sites for hydroxylation is 1. The van der Waals surface area contributed by atoms with E-state index in [1.165, 1.54) is 16.8 Å². The monoisotopic (exact) mass is 391 g/mol. The fourth-order valence-corrected chi connectivity index (χ4v) is 4.01. The molecule has 2 aromatic carbocycles. The Hall–Kier alpha value is -2.79. The highest BCUT2D eigenvalue weighted by Gasteiger charge is 2.30. The lowest BCUT2D eigenvalue weighted by Gasteiger charge is -2.39. The number of rotatable bonds is 4. The van der Waals surface area contributed by atoms with Gasteiger partial charge < -0.3 is 19.5 Å². The first-order valence-electron chi connectivity index (χ1n) is 9.68. The van der Waals surface area contributed by atoms with Crippen molar-refractivity contribution < 1.29 is 4.74 Å². The quantitative estimate of drug-likeness (QED) is 0.634. The largest absolute Gasteiger partial charge is 0.494 e. The second kappa shape index (κ2) is 8.07. The van der Waals surface area contributed by atoms with Gasteiger partial charge in [-0.2, -0.15) is 0 Å². The predicted molar refractivity (Wildman–Crippen MR) is 118 cm³/mol. The fraction of sp³-hybridized carbons (Fsp3) is 0.261. The number of benzene rings is 2. The Bertz CT molecular complexity index is 947. The third-order valence-corrected chi connectivity index (χ3v) is 5.45. The van der Waals surface area contributed by atoms with Crippen LogP contribution >= 0.6 is 12.2 Å². The summed E-state index contributed by atoms with van der Waals surface area (Å²) in [5, 5.41) is 4.15. The lowest BCUT2D eigenvalue weighted by molar-refractivity contribution is 0.293. The van der Waals surface area contributed by atoms with Gasteiger partial charge in [0.05, 0.1) is 12.6 Å². The molecule has 1 aromatic heterocycles. The van der Waals surface area contributed by atoms with Crippen molar-refractivity contribution in [3.8, 4) is 5.75 Å². The molecule has 0 unspecified atom stereocenters. The number of hydrogen-bond donors (Lipinski definition) is 1. The van der Waals surface area contributed by atoms with E-state index in [1.807, 2.05) is 31.2 Å². The number of hydrogen-bond acceptors (Lipinski definition) is 2. The lowest BCUT2D eigenvalue weighted by Crippen LogP contribution is -2.44. The molecule has 1 aliphatic heterocycles. The Labute approximate surface area is 171 Å². The van der Waals surface area contributed by atoms with E-state index in [2.05, 4.69) is 64.3 Å². The van der Waals surface area contributed by atoms with Crippen LogP contribution < -0.4 is 10.1 Å². The molecule has 0 fully saturated rings. The predicted octanol–water partition coefficient (Wildman–Crippen LogP) is 5.00. The molecule has 0 aliphatic carbocycles. The lowest BCUT2D eigenvalue weighted by atomic mass is 9.99. The molecule has 0 amide bonds. The smallest absolute Gasteiger partial charge is 0.174 e. The minimum Gasteiger partial charge on any atom is -0.494 e. The molecule has 144 valence electrons. The van der Waals surface area contributed by atoms with Gasteiger partial charge >= 0.3 is 0 Å². The van der Waals surface area contributed by atoms with Crippen LogP contribution in [0.1, 0.15) is 29.8 Å². The maximum Gasteiger partial charge on any atom is 0.174 e. The van der Waals surface area contributed by atoms with E-state index < -0.39 is 0 Å². The van der Waals surface area contributed by atoms with Crippen LogP contribution in [0.2, 0.25) is 0 Å². The van der Waals surface area contributed by atoms with Gasteiger partial charge in [0.2, 0.25) is 0 Å². The number of nitrogens with zero attached hydrogens (tertiary/aromatic N) is 2. The van der Waals surface area contributed by atoms with Gasteiger partial charge in [-0.15, -0.1) is 0 Å². The van der Waals surface area contributed by atoms with Crippen LogP contribution in [0, 0.1) is 6.92 Å². The van der Waals surface area contributed by atoms with Crippen LogP contribution in [0.4, 0.5) is 5.69 Å². The summed E-state index contributed by atoms with van der Waals surface area (Å²) in [7, 11) is 0. The summed E-state index contributed by atoms with van der Waals surface area (Å²) >= 11 is 5.82. The zero-order valence-electron chi connectivity index (χ0n) is 16.3. The molecule has 1 aliphatic rings. The zero-order valence-corrected chi connectivity index (χ0v) is 17.1. The Morgan fingerprint density at radius 2 is 1.82 bits per heavy atom. The molecule has 0 saturated carbocycles. The minimum absolute atomic E-state index is 0.104. The molecule has 4 rings (SSSR count). The third-order valence-electron chi connectivity index (χ3n) is 5.11. The maximum absolute atomic E-state index is 5.82. The second-order valence-corrected chi connectivity index (χ2v) is 7.41. The SMILES string of the molecule is CCOc1ccc(NC(=S)N2CCn3cccc3[C@@H]2c2ccc(C)cc2)cc1. The van der Waals surface area contributed by atoms with Gasteiger partial charge in [-0.05, 0) is 68.0 Å². The van der Waals surface area contributed by atoms with Crippen molar-refractivity contribution in [2.24, 2.45) is 0 Å². The van der Waals surface area contributed by atoms with Crippen LogP contribution in [0.15, 0.2) is 66.9 Å². The minimum atomic E-state index is 0.104. The molecule has 2 heterocycles. The van der Waals surface area contributed by atoms with Crippen LogP contribution in [-0.2, 0) is 6.54 Å². The number of nitrogens with one attached hydrogen (secondary N) is 1. The Morgan fingerprint density at radius 1 is 1.07 bits per heavy atom. The molecule has 0 saturated heterocycles. The first-order valence-corrected chi connectivity index (χ1v) is 10.1. The summed E-state index contributed by atoms with van der Waals surface area (Å²) in [6.45, 7) is 6.55. The van der Waals surface area contributed by atoms with Gasteiger partial charge in [-0.25, -0.2) is 0 Å². The fourth-order valence-electron chi connectivity index (χ4n) is 3.70. The number of anilines is 1. The van der Waals surface area contributed by atoms with Crippen molar-refractivity contribution in [1.29, 1.82) is 0 Å². The van der Waals surface area contributed by atoms with Crippen LogP contribution in [-0.4, -0.2) is 27.7 Å². The number of ether oxygens (including phenoxy) is 1. The van der Waals surface area contributed by atoms with E-state index in [9.17, 15) is 0 Å². The first kappa shape index (κ1) is 18.6. The molecule has 4 nitrogen and oxygen atoms in total. The highest BCUT2D eigenvalue weighted by atomic mass is 32.1. The normalized spacial score (nSPS) is 15.8. The topological polar surface area (TPSA) is 29.4 Å². The van der Waals surface area contributed by atoms with Gasteiger partial charge in [-0.1, -0.05) is 29.8 Å². The summed E-state index contributed by atoms with van der Waals surface area (Å²) in [6.07, 6.45) is 2.15. The summed E-state index contributed by atoms with van der Waals surface area (Å²) in [4.78, 5) is 2.28. The van der Waals surface area contributed by atoms with Crippen molar-refractivity contribution in [2.45, 2.75) is 26.4 Å². The summed E-state index contributed by atoms with van der Waals surface area (Å²) < 4.78 is 7.84. The summed E-state index contributed by atoms with van der Waals surface area (Å²) in [5.74, 6) is 0.868. The van der Waals surface area contributed by atoms with Gasteiger partial charge in [-0.3, -0.25) is 0 Å². The van der Waals surface area contributed by atoms with Gasteiger partial charge in [0.15, 0.2) is 5.11 Å². The summed E-state index contributed by atoms with van der Waals surface area (Å²) in [6, 6.07) is 21.1. The van der Waals surface area contributed by atoms with Crippen LogP contribution in [0.3, 0.4) is 0 Å². The third kappa shape index (κ3) is 3.76. The summed E-state index contributed by atoms with van der Waals surface area (Å²) in [5.41, 5.74) is 4.75. The van der Waals surface area contributed by atoms with E-state index in [1.54, 1.807) is 0 Å². The van der Waals surface area contributed by atoms with E-state index in [0.29, 0.717) is 6.61 Å². The van der Waals surface area contributed by atoms with Crippen molar-refractivity contribution in [2.75, 3.05) is 18.5 Å². The highest BCUT2D eigenvalue weighted by Crippen LogP contribution is 2.33. The van der Waals surface area contributed by atoms with E-state index in [0.717, 1.165) is 29.6 Å². The van der Waals surface area contributed by atoms with Crippen molar-refractivity contribution >= 4 is 23.0 Å². The molecule has 0 radical (unpaired) electrons. The van der Waals surface area contributed by atoms with Gasteiger partial charge in [0, 0.05) is 30.7 Å². The number of thiocarbonyl (C=S) groups is 1. The average molecular weight is 392 g/mol. The van der Waals surface area contributed by atoms with Crippen LogP contribution in [0.5, 0.6) is 5.75 Å². The second-order valence-electron chi connectivity index (χ2n) is 7.02. The molecule has 28 heavy (non-hydrogen) atoms. The zero-order chi connectivity index (χ0) is 19.5. The number of aromatic nitrogens is 1. The highest BCUT2D eigenvalue weighted by molar-refractivity contribution is 7.80. The van der Waals surface area contributed by atoms with Gasteiger partial charge in [0.25, 0.3) is 0 Å². The molecular formula is C23H25N3OS. The molecule has 0 bridgehead atoms. The molecule has 0 spiro atoms. The van der Waals surface area contributed by atoms with Crippen LogP contribution in [0.25, 0.3) is 0 Å². The van der Waals surface area contributed by atoms with Crippen molar-refractivity contribution in [1.82, 2.24) is 9.47 Å². The van der Waals surface area contributed by atoms with Gasteiger partial charge in [0.1, 0.15) is 5.75 Å². The van der Waals surface area contributed by atoms with Crippen molar-refractivity contribution in [3.05, 3.63) is 83.7 Å². The van der Waals surface area contributed by atoms with E-state index in [-0.39, 0.29) is 6.04 Å². The van der Waals surface area contributed by atoms with E-state index >= 15 is 0 Å². The number of fused-ring (bicyclic) bond motifs is 1. The maximum atomic E-state index is 5.82.